The number of pyridine rings is 1. The van der Waals surface area contributed by atoms with Crippen molar-refractivity contribution in [1.82, 2.24) is 4.98 Å². The third-order valence-electron chi connectivity index (χ3n) is 4.56. The van der Waals surface area contributed by atoms with Gasteiger partial charge in [0.25, 0.3) is 9.05 Å². The maximum atomic E-state index is 14.2. The monoisotopic (exact) mass is 806 g/mol. The molecule has 0 saturated heterocycles. The van der Waals surface area contributed by atoms with E-state index in [2.05, 4.69) is 71.6 Å². The Hall–Kier alpha value is -2.02. The fraction of sp³-hybridized carbons (Fsp3) is 0.0769. The van der Waals surface area contributed by atoms with Gasteiger partial charge in [-0.2, -0.15) is 0 Å². The van der Waals surface area contributed by atoms with Crippen LogP contribution in [0.25, 0.3) is 5.03 Å². The van der Waals surface area contributed by atoms with Gasteiger partial charge < -0.3 is 0 Å². The van der Waals surface area contributed by atoms with Gasteiger partial charge >= 0.3 is 0 Å². The van der Waals surface area contributed by atoms with Gasteiger partial charge in [0.15, 0.2) is 10.4 Å². The highest BCUT2D eigenvalue weighted by molar-refractivity contribution is 9.12. The minimum atomic E-state index is -8.61. The molecule has 16 heteroatoms. The van der Waals surface area contributed by atoms with E-state index in [4.69, 9.17) is 18.0 Å². The predicted molar refractivity (Wildman–Crippen MR) is 172 cm³/mol. The highest BCUT2D eigenvalue weighted by atomic mass is 79.9. The van der Waals surface area contributed by atoms with Gasteiger partial charge in [0.1, 0.15) is 0 Å². The number of rotatable bonds is 6. The van der Waals surface area contributed by atoms with E-state index in [1.54, 1.807) is 24.3 Å². The zero-order valence-corrected chi connectivity index (χ0v) is 27.4. The molecule has 0 amide bonds. The maximum Gasteiger partial charge on any atom is 0.268 e. The molecule has 42 heavy (non-hydrogen) atoms. The Bertz CT molecular complexity index is 1480. The van der Waals surface area contributed by atoms with E-state index in [-0.39, 0.29) is 5.56 Å². The van der Waals surface area contributed by atoms with Crippen molar-refractivity contribution in [2.45, 2.75) is 16.8 Å². The van der Waals surface area contributed by atoms with Crippen molar-refractivity contribution in [3.05, 3.63) is 112 Å². The summed E-state index contributed by atoms with van der Waals surface area (Å²) in [6, 6.07) is 8.95. The highest BCUT2D eigenvalue weighted by Gasteiger charge is 2.67. The first-order chi connectivity index (χ1) is 18.8. The lowest BCUT2D eigenvalue weighted by molar-refractivity contribution is 0.439. The number of hydrogen-bond donors (Lipinski definition) is 0. The Morgan fingerprint density at radius 3 is 2.05 bits per heavy atom. The zero-order chi connectivity index (χ0) is 32.6. The molecule has 2 heterocycles. The molecule has 0 spiro atoms. The Morgan fingerprint density at radius 2 is 1.62 bits per heavy atom. The maximum absolute atomic E-state index is 14.2. The highest BCUT2D eigenvalue weighted by Crippen LogP contribution is 3.04. The van der Waals surface area contributed by atoms with Crippen molar-refractivity contribution in [2.24, 2.45) is 4.99 Å². The fourth-order valence-electron chi connectivity index (χ4n) is 2.59. The summed E-state index contributed by atoms with van der Waals surface area (Å²) >= 11 is 11.5. The quantitative estimate of drug-likeness (QED) is 0.162. The lowest BCUT2D eigenvalue weighted by atomic mass is 10.2. The Kier molecular flexibility index (Phi) is 11.3. The van der Waals surface area contributed by atoms with Gasteiger partial charge in [-0.25, -0.2) is 4.98 Å². The van der Waals surface area contributed by atoms with Crippen LogP contribution in [0.2, 0.25) is 0 Å². The summed E-state index contributed by atoms with van der Waals surface area (Å²) in [7, 11) is -13.2. The Morgan fingerprint density at radius 1 is 1.02 bits per heavy atom. The number of terminal acetylenes is 1. The molecule has 0 N–H and O–H groups in total. The van der Waals surface area contributed by atoms with Crippen molar-refractivity contribution in [2.75, 3.05) is 0 Å². The Labute approximate surface area is 264 Å². The summed E-state index contributed by atoms with van der Waals surface area (Å²) < 4.78 is 107. The second kappa shape index (κ2) is 12.5. The summed E-state index contributed by atoms with van der Waals surface area (Å²) in [6.45, 7) is 7.01. The van der Waals surface area contributed by atoms with Gasteiger partial charge in [-0.3, -0.25) is 4.99 Å². The van der Waals surface area contributed by atoms with E-state index >= 15 is 0 Å². The molecule has 2 aromatic rings. The molecule has 232 valence electrons. The summed E-state index contributed by atoms with van der Waals surface area (Å²) in [5.41, 5.74) is 0.774. The smallest absolute Gasteiger partial charge is 0.268 e. The number of nitrogens with zero attached hydrogens (tertiary/aromatic N) is 2. The molecule has 0 bridgehead atoms. The average molecular weight is 809 g/mol. The molecule has 1 atom stereocenters. The SMILES string of the molecule is C#CC(=C)/C=C\C=C.FS(F)(F)(F)(/C=C(/Cl)c1ccccc1)C1CC=C(Br)C=N1.FS(F)(F)(F)(Cl)c1ccc(Br)cn1. The van der Waals surface area contributed by atoms with E-state index in [0.717, 1.165) is 18.5 Å². The van der Waals surface area contributed by atoms with Crippen LogP contribution in [0.1, 0.15) is 12.0 Å². The number of aromatic nitrogens is 1. The number of allylic oxidation sites excluding steroid dienone is 5. The second-order valence-electron chi connectivity index (χ2n) is 8.14. The molecule has 1 aliphatic rings. The van der Waals surface area contributed by atoms with Gasteiger partial charge in [0.2, 0.25) is 9.84 Å². The third kappa shape index (κ3) is 13.1. The minimum absolute atomic E-state index is 0.103. The van der Waals surface area contributed by atoms with Gasteiger partial charge in [-0.15, -0.1) is 37.5 Å². The molecule has 0 fully saturated rings. The molecule has 1 aromatic carbocycles. The molecule has 0 radical (unpaired) electrons. The standard InChI is InChI=1S/C13H11BrClF4NS.C8H8.C5H3BrClF4NS/c14-11-6-7-13(20-8-11)21(16,17,18,19)9-12(15)10-4-2-1-3-5-10;1-4-6-7-8(3)5-2;6-4-1-2-5(12-3-4)13(7,8,9,10)11/h1-6,8-9,13H,7H2;2,4,6-7H,1,3H2;1-3H/b12-9+;7-6-;. The van der Waals surface area contributed by atoms with Gasteiger partial charge in [0, 0.05) is 44.0 Å². The molecule has 1 aliphatic heterocycles. The normalized spacial score (nSPS) is 18.7. The molecule has 1 unspecified atom stereocenters. The Balaban J connectivity index is 0.000000357. The van der Waals surface area contributed by atoms with Crippen LogP contribution in [0.15, 0.2) is 116 Å². The second-order valence-corrected chi connectivity index (χ2v) is 17.8. The molecule has 3 rings (SSSR count). The van der Waals surface area contributed by atoms with Crippen molar-refractivity contribution in [3.8, 4) is 12.3 Å². The predicted octanol–water partition coefficient (Wildman–Crippen LogP) is 13.4. The number of benzene rings is 1. The number of dihydropyridines is 1. The number of halogens is 12. The zero-order valence-electron chi connectivity index (χ0n) is 21.1. The van der Waals surface area contributed by atoms with Gasteiger partial charge in [0.05, 0.1) is 10.4 Å². The lowest BCUT2D eigenvalue weighted by Gasteiger charge is -2.51. The lowest BCUT2D eigenvalue weighted by Crippen LogP contribution is -2.27. The van der Waals surface area contributed by atoms with E-state index < -0.39 is 46.2 Å². The van der Waals surface area contributed by atoms with Crippen LogP contribution in [-0.2, 0) is 0 Å². The summed E-state index contributed by atoms with van der Waals surface area (Å²) in [4.78, 5) is 6.15. The van der Waals surface area contributed by atoms with Crippen LogP contribution in [0, 0.1) is 12.3 Å². The van der Waals surface area contributed by atoms with E-state index in [0.29, 0.717) is 20.6 Å². The van der Waals surface area contributed by atoms with Crippen LogP contribution in [0.5, 0.6) is 0 Å². The summed E-state index contributed by atoms with van der Waals surface area (Å²) in [5.74, 6) is 2.37. The van der Waals surface area contributed by atoms with Crippen molar-refractivity contribution >= 4 is 84.3 Å². The average Bonchev–Trinajstić information content (AvgIpc) is 2.86. The van der Waals surface area contributed by atoms with Crippen LogP contribution < -0.4 is 0 Å². The van der Waals surface area contributed by atoms with E-state index in [1.807, 2.05) is 0 Å². The van der Waals surface area contributed by atoms with Crippen molar-refractivity contribution in [3.63, 3.8) is 0 Å². The molecule has 0 saturated carbocycles. The number of hydrogen-bond acceptors (Lipinski definition) is 2. The molecule has 0 aliphatic carbocycles. The fourth-order valence-corrected chi connectivity index (χ4v) is 6.21. The molecular formula is C26H22Br2Cl2F8N2S2. The van der Waals surface area contributed by atoms with Crippen LogP contribution in [-0.4, -0.2) is 16.6 Å². The summed E-state index contributed by atoms with van der Waals surface area (Å²) in [5, 5.41) is -5.20. The third-order valence-corrected chi connectivity index (χ3v) is 9.70. The molecule has 2 nitrogen and oxygen atoms in total. The minimum Gasteiger partial charge on any atom is -0.270 e. The number of aliphatic imine (C=N–C) groups is 1. The van der Waals surface area contributed by atoms with E-state index in [9.17, 15) is 31.1 Å². The topological polar surface area (TPSA) is 25.2 Å². The molecule has 1 aromatic heterocycles. The van der Waals surface area contributed by atoms with Crippen LogP contribution in [0.3, 0.4) is 0 Å². The van der Waals surface area contributed by atoms with Crippen LogP contribution >= 0.6 is 73.0 Å². The molecular weight excluding hydrogens is 787 g/mol. The summed E-state index contributed by atoms with van der Waals surface area (Å²) in [6.07, 6.45) is 12.6. The largest absolute Gasteiger partial charge is 0.270 e. The van der Waals surface area contributed by atoms with Crippen molar-refractivity contribution in [1.29, 1.82) is 0 Å². The first-order valence-corrected chi connectivity index (χ1v) is 17.9. The van der Waals surface area contributed by atoms with Gasteiger partial charge in [-0.05, 0) is 55.6 Å². The van der Waals surface area contributed by atoms with Crippen LogP contribution in [0.4, 0.5) is 31.1 Å². The van der Waals surface area contributed by atoms with Gasteiger partial charge in [-0.1, -0.05) is 79.2 Å². The first kappa shape index (κ1) is 38.0. The first-order valence-electron chi connectivity index (χ1n) is 10.9. The van der Waals surface area contributed by atoms with E-state index in [1.165, 1.54) is 30.3 Å². The van der Waals surface area contributed by atoms with Crippen molar-refractivity contribution < 1.29 is 31.1 Å².